The molecule has 1 fully saturated rings. The number of piperidine rings is 1. The first-order valence-electron chi connectivity index (χ1n) is 8.82. The highest BCUT2D eigenvalue weighted by Gasteiger charge is 2.28. The standard InChI is InChI=1S/C19H24ClN5O/c1-12-16(11-23-19(22)24-12)18(26)25-7-5-14(6-8-25)17(21)10-13-3-2-4-15(20)9-13/h2-4,9,11,14,17H,5-8,10,21H2,1H3,(H2,22,23,24)/t17-/m1/s1. The smallest absolute Gasteiger partial charge is 0.257 e. The number of hydrogen-bond acceptors (Lipinski definition) is 5. The van der Waals surface area contributed by atoms with Gasteiger partial charge in [0.2, 0.25) is 5.95 Å². The van der Waals surface area contributed by atoms with Crippen LogP contribution in [0.3, 0.4) is 0 Å². The SMILES string of the molecule is Cc1nc(N)ncc1C(=O)N1CCC([C@H](N)Cc2cccc(Cl)c2)CC1. The molecular formula is C19H24ClN5O. The number of amides is 1. The Morgan fingerprint density at radius 1 is 1.38 bits per heavy atom. The van der Waals surface area contributed by atoms with E-state index in [1.807, 2.05) is 29.2 Å². The summed E-state index contributed by atoms with van der Waals surface area (Å²) in [6.07, 6.45) is 4.09. The van der Waals surface area contributed by atoms with Gasteiger partial charge in [0.1, 0.15) is 0 Å². The van der Waals surface area contributed by atoms with Crippen LogP contribution in [0.25, 0.3) is 0 Å². The second-order valence-electron chi connectivity index (χ2n) is 6.85. The van der Waals surface area contributed by atoms with Crippen molar-refractivity contribution in [2.24, 2.45) is 11.7 Å². The zero-order valence-electron chi connectivity index (χ0n) is 14.9. The molecular weight excluding hydrogens is 350 g/mol. The summed E-state index contributed by atoms with van der Waals surface area (Å²) in [7, 11) is 0. The number of carbonyl (C=O) groups is 1. The number of nitrogens with zero attached hydrogens (tertiary/aromatic N) is 3. The van der Waals surface area contributed by atoms with E-state index in [9.17, 15) is 4.79 Å². The molecule has 0 bridgehead atoms. The van der Waals surface area contributed by atoms with Crippen molar-refractivity contribution >= 4 is 23.5 Å². The van der Waals surface area contributed by atoms with Crippen molar-refractivity contribution in [1.82, 2.24) is 14.9 Å². The van der Waals surface area contributed by atoms with Crippen LogP contribution in [-0.2, 0) is 6.42 Å². The number of aryl methyl sites for hydroxylation is 1. The highest BCUT2D eigenvalue weighted by molar-refractivity contribution is 6.30. The number of rotatable bonds is 4. The number of likely N-dealkylation sites (tertiary alicyclic amines) is 1. The molecule has 7 heteroatoms. The molecule has 1 atom stereocenters. The van der Waals surface area contributed by atoms with Gasteiger partial charge in [0, 0.05) is 30.4 Å². The molecule has 6 nitrogen and oxygen atoms in total. The number of aromatic nitrogens is 2. The summed E-state index contributed by atoms with van der Waals surface area (Å²) in [5.41, 5.74) is 14.3. The highest BCUT2D eigenvalue weighted by Crippen LogP contribution is 2.24. The van der Waals surface area contributed by atoms with Crippen molar-refractivity contribution in [3.63, 3.8) is 0 Å². The molecule has 1 saturated heterocycles. The quantitative estimate of drug-likeness (QED) is 0.857. The molecule has 4 N–H and O–H groups in total. The van der Waals surface area contributed by atoms with E-state index in [-0.39, 0.29) is 17.9 Å². The largest absolute Gasteiger partial charge is 0.368 e. The van der Waals surface area contributed by atoms with Crippen molar-refractivity contribution in [2.75, 3.05) is 18.8 Å². The first kappa shape index (κ1) is 18.6. The van der Waals surface area contributed by atoms with Crippen LogP contribution in [0.2, 0.25) is 5.02 Å². The summed E-state index contributed by atoms with van der Waals surface area (Å²) in [5.74, 6) is 0.538. The molecule has 2 aromatic rings. The van der Waals surface area contributed by atoms with Crippen molar-refractivity contribution < 1.29 is 4.79 Å². The molecule has 1 aromatic carbocycles. The third-order valence-electron chi connectivity index (χ3n) is 5.02. The predicted molar refractivity (Wildman–Crippen MR) is 103 cm³/mol. The summed E-state index contributed by atoms with van der Waals surface area (Å²) in [4.78, 5) is 22.6. The Labute approximate surface area is 158 Å². The van der Waals surface area contributed by atoms with Gasteiger partial charge in [0.15, 0.2) is 0 Å². The number of nitrogens with two attached hydrogens (primary N) is 2. The summed E-state index contributed by atoms with van der Waals surface area (Å²) < 4.78 is 0. The number of halogens is 1. The lowest BCUT2D eigenvalue weighted by Gasteiger charge is -2.35. The summed E-state index contributed by atoms with van der Waals surface area (Å²) in [5, 5.41) is 0.733. The number of carbonyl (C=O) groups excluding carboxylic acids is 1. The maximum Gasteiger partial charge on any atom is 0.257 e. The number of hydrogen-bond donors (Lipinski definition) is 2. The Balaban J connectivity index is 1.57. The van der Waals surface area contributed by atoms with Gasteiger partial charge in [-0.1, -0.05) is 23.7 Å². The van der Waals surface area contributed by atoms with Crippen LogP contribution in [0.4, 0.5) is 5.95 Å². The van der Waals surface area contributed by atoms with Crippen molar-refractivity contribution in [3.8, 4) is 0 Å². The minimum Gasteiger partial charge on any atom is -0.368 e. The van der Waals surface area contributed by atoms with E-state index in [0.717, 1.165) is 29.8 Å². The normalized spacial score (nSPS) is 16.5. The van der Waals surface area contributed by atoms with Crippen LogP contribution >= 0.6 is 11.6 Å². The molecule has 26 heavy (non-hydrogen) atoms. The van der Waals surface area contributed by atoms with Gasteiger partial charge in [-0.3, -0.25) is 4.79 Å². The number of nitrogen functional groups attached to an aromatic ring is 1. The summed E-state index contributed by atoms with van der Waals surface area (Å²) >= 11 is 6.05. The van der Waals surface area contributed by atoms with E-state index >= 15 is 0 Å². The van der Waals surface area contributed by atoms with E-state index in [1.54, 1.807) is 6.92 Å². The topological polar surface area (TPSA) is 98.1 Å². The predicted octanol–water partition coefficient (Wildman–Crippen LogP) is 2.44. The third kappa shape index (κ3) is 4.31. The first-order chi connectivity index (χ1) is 12.4. The van der Waals surface area contributed by atoms with Crippen LogP contribution < -0.4 is 11.5 Å². The Kier molecular flexibility index (Phi) is 5.74. The van der Waals surface area contributed by atoms with Crippen molar-refractivity contribution in [3.05, 3.63) is 52.3 Å². The lowest BCUT2D eigenvalue weighted by atomic mass is 9.86. The molecule has 0 radical (unpaired) electrons. The van der Waals surface area contributed by atoms with E-state index in [1.165, 1.54) is 6.20 Å². The van der Waals surface area contributed by atoms with Gasteiger partial charge >= 0.3 is 0 Å². The average molecular weight is 374 g/mol. The van der Waals surface area contributed by atoms with Crippen LogP contribution in [0.5, 0.6) is 0 Å². The molecule has 1 aromatic heterocycles. The number of benzene rings is 1. The fourth-order valence-corrected chi connectivity index (χ4v) is 3.71. The molecule has 0 saturated carbocycles. The molecule has 3 rings (SSSR count). The second-order valence-corrected chi connectivity index (χ2v) is 7.29. The molecule has 138 valence electrons. The van der Waals surface area contributed by atoms with Crippen molar-refractivity contribution in [2.45, 2.75) is 32.2 Å². The minimum absolute atomic E-state index is 0.0376. The Hall–Kier alpha value is -2.18. The maximum absolute atomic E-state index is 12.7. The molecule has 0 aliphatic carbocycles. The molecule has 2 heterocycles. The Morgan fingerprint density at radius 2 is 2.12 bits per heavy atom. The van der Waals surface area contributed by atoms with Gasteiger partial charge in [-0.15, -0.1) is 0 Å². The van der Waals surface area contributed by atoms with E-state index < -0.39 is 0 Å². The molecule has 0 spiro atoms. The van der Waals surface area contributed by atoms with Crippen LogP contribution in [0.15, 0.2) is 30.5 Å². The van der Waals surface area contributed by atoms with E-state index in [0.29, 0.717) is 30.3 Å². The van der Waals surface area contributed by atoms with E-state index in [4.69, 9.17) is 23.1 Å². The van der Waals surface area contributed by atoms with Crippen LogP contribution in [-0.4, -0.2) is 39.9 Å². The maximum atomic E-state index is 12.7. The lowest BCUT2D eigenvalue weighted by Crippen LogP contribution is -2.44. The minimum atomic E-state index is -0.0376. The van der Waals surface area contributed by atoms with Gasteiger partial charge in [0.05, 0.1) is 11.3 Å². The summed E-state index contributed by atoms with van der Waals surface area (Å²) in [6.45, 7) is 3.16. The molecule has 1 amide bonds. The number of anilines is 1. The van der Waals surface area contributed by atoms with E-state index in [2.05, 4.69) is 9.97 Å². The fourth-order valence-electron chi connectivity index (χ4n) is 3.50. The summed E-state index contributed by atoms with van der Waals surface area (Å²) in [6, 6.07) is 7.89. The fraction of sp³-hybridized carbons (Fsp3) is 0.421. The molecule has 1 aliphatic heterocycles. The Morgan fingerprint density at radius 3 is 2.77 bits per heavy atom. The van der Waals surface area contributed by atoms with Crippen LogP contribution in [0.1, 0.15) is 34.5 Å². The van der Waals surface area contributed by atoms with Gasteiger partial charge < -0.3 is 16.4 Å². The lowest BCUT2D eigenvalue weighted by molar-refractivity contribution is 0.0676. The second kappa shape index (κ2) is 8.01. The molecule has 1 aliphatic rings. The molecule has 0 unspecified atom stereocenters. The van der Waals surface area contributed by atoms with Gasteiger partial charge in [-0.2, -0.15) is 0 Å². The van der Waals surface area contributed by atoms with Crippen molar-refractivity contribution in [1.29, 1.82) is 0 Å². The monoisotopic (exact) mass is 373 g/mol. The van der Waals surface area contributed by atoms with Gasteiger partial charge in [-0.25, -0.2) is 9.97 Å². The third-order valence-corrected chi connectivity index (χ3v) is 5.26. The zero-order valence-corrected chi connectivity index (χ0v) is 15.6. The Bertz CT molecular complexity index is 789. The first-order valence-corrected chi connectivity index (χ1v) is 9.20. The van der Waals surface area contributed by atoms with Gasteiger partial charge in [0.25, 0.3) is 5.91 Å². The van der Waals surface area contributed by atoms with Crippen LogP contribution in [0, 0.1) is 12.8 Å². The zero-order chi connectivity index (χ0) is 18.7. The highest BCUT2D eigenvalue weighted by atomic mass is 35.5. The average Bonchev–Trinajstić information content (AvgIpc) is 2.61. The van der Waals surface area contributed by atoms with Gasteiger partial charge in [-0.05, 0) is 49.8 Å².